The van der Waals surface area contributed by atoms with Crippen LogP contribution in [0.5, 0.6) is 0 Å². The lowest BCUT2D eigenvalue weighted by molar-refractivity contribution is 0.0691. The summed E-state index contributed by atoms with van der Waals surface area (Å²) in [5.74, 6) is -1.03. The number of fused-ring (bicyclic) bond motifs is 1. The van der Waals surface area contributed by atoms with Gasteiger partial charge in [-0.15, -0.1) is 0 Å². The molecule has 0 atom stereocenters. The summed E-state index contributed by atoms with van der Waals surface area (Å²) < 4.78 is 5.00. The molecule has 0 bridgehead atoms. The number of furan rings is 1. The molecule has 0 aliphatic rings. The Labute approximate surface area is 67.4 Å². The summed E-state index contributed by atoms with van der Waals surface area (Å²) in [4.78, 5) is 14.2. The van der Waals surface area contributed by atoms with E-state index in [2.05, 4.69) is 4.98 Å². The van der Waals surface area contributed by atoms with Crippen LogP contribution in [-0.4, -0.2) is 16.1 Å². The predicted octanol–water partition coefficient (Wildman–Crippen LogP) is 1.53. The average Bonchev–Trinajstić information content (AvgIpc) is 2.49. The van der Waals surface area contributed by atoms with E-state index in [1.54, 1.807) is 6.07 Å². The molecule has 60 valence electrons. The van der Waals surface area contributed by atoms with Crippen LogP contribution in [-0.2, 0) is 0 Å². The lowest BCUT2D eigenvalue weighted by Gasteiger charge is -1.91. The maximum Gasteiger partial charge on any atom is 0.354 e. The molecule has 4 nitrogen and oxygen atoms in total. The molecule has 0 aliphatic heterocycles. The number of hydrogen-bond acceptors (Lipinski definition) is 3. The summed E-state index contributed by atoms with van der Waals surface area (Å²) in [5, 5.41) is 9.34. The first-order valence-electron chi connectivity index (χ1n) is 3.34. The van der Waals surface area contributed by atoms with E-state index in [9.17, 15) is 4.79 Å². The van der Waals surface area contributed by atoms with E-state index in [0.29, 0.717) is 5.58 Å². The number of hydrogen-bond donors (Lipinski definition) is 1. The molecule has 1 N–H and O–H groups in total. The number of aromatic carboxylic acids is 1. The minimum atomic E-state index is -1.03. The largest absolute Gasteiger partial charge is 0.477 e. The fourth-order valence-corrected chi connectivity index (χ4v) is 0.985. The number of rotatable bonds is 1. The Kier molecular flexibility index (Phi) is 1.33. The zero-order chi connectivity index (χ0) is 8.55. The predicted molar refractivity (Wildman–Crippen MR) is 41.0 cm³/mol. The molecule has 0 unspecified atom stereocenters. The number of carboxylic acids is 1. The smallest absolute Gasteiger partial charge is 0.354 e. The zero-order valence-electron chi connectivity index (χ0n) is 6.02. The minimum absolute atomic E-state index is 0.0314. The van der Waals surface area contributed by atoms with Crippen LogP contribution in [0.3, 0.4) is 0 Å². The van der Waals surface area contributed by atoms with Crippen LogP contribution in [0, 0.1) is 0 Å². The Bertz CT molecular complexity index is 433. The topological polar surface area (TPSA) is 63.3 Å². The Morgan fingerprint density at radius 2 is 2.42 bits per heavy atom. The van der Waals surface area contributed by atoms with E-state index >= 15 is 0 Å². The summed E-state index contributed by atoms with van der Waals surface area (Å²) in [5.41, 5.74) is 0.629. The van der Waals surface area contributed by atoms with Crippen molar-refractivity contribution in [3.8, 4) is 0 Å². The summed E-state index contributed by atoms with van der Waals surface area (Å²) >= 11 is 0. The molecule has 2 aromatic rings. The first-order chi connectivity index (χ1) is 5.77. The summed E-state index contributed by atoms with van der Waals surface area (Å²) in [6, 6.07) is 3.17. The van der Waals surface area contributed by atoms with Gasteiger partial charge in [0.1, 0.15) is 5.69 Å². The van der Waals surface area contributed by atoms with Gasteiger partial charge in [0.05, 0.1) is 12.5 Å². The fraction of sp³-hybridized carbons (Fsp3) is 0. The molecule has 0 amide bonds. The third-order valence-electron chi connectivity index (χ3n) is 1.56. The van der Waals surface area contributed by atoms with Crippen molar-refractivity contribution in [1.82, 2.24) is 4.98 Å². The van der Waals surface area contributed by atoms with Crippen LogP contribution >= 0.6 is 0 Å². The molecular weight excluding hydrogens is 158 g/mol. The van der Waals surface area contributed by atoms with E-state index in [1.165, 1.54) is 18.5 Å². The van der Waals surface area contributed by atoms with Crippen molar-refractivity contribution in [3.05, 3.63) is 30.3 Å². The number of pyridine rings is 1. The second-order valence-corrected chi connectivity index (χ2v) is 2.33. The second kappa shape index (κ2) is 2.34. The lowest BCUT2D eigenvalue weighted by Crippen LogP contribution is -1.98. The molecule has 0 saturated carbocycles. The molecule has 0 aromatic carbocycles. The molecule has 2 aromatic heterocycles. The summed E-state index contributed by atoms with van der Waals surface area (Å²) in [7, 11) is 0. The van der Waals surface area contributed by atoms with Gasteiger partial charge in [-0.2, -0.15) is 0 Å². The number of carboxylic acid groups (broad SMARTS) is 1. The highest BCUT2D eigenvalue weighted by atomic mass is 16.4. The van der Waals surface area contributed by atoms with Gasteiger partial charge in [-0.3, -0.25) is 0 Å². The Morgan fingerprint density at radius 1 is 1.58 bits per heavy atom. The van der Waals surface area contributed by atoms with E-state index < -0.39 is 5.97 Å². The molecule has 0 fully saturated rings. The molecule has 4 heteroatoms. The maximum atomic E-state index is 10.5. The van der Waals surface area contributed by atoms with Crippen LogP contribution < -0.4 is 0 Å². The van der Waals surface area contributed by atoms with Crippen molar-refractivity contribution in [2.45, 2.75) is 0 Å². The van der Waals surface area contributed by atoms with Crippen LogP contribution in [0.1, 0.15) is 10.5 Å². The molecule has 12 heavy (non-hydrogen) atoms. The van der Waals surface area contributed by atoms with Gasteiger partial charge >= 0.3 is 5.97 Å². The van der Waals surface area contributed by atoms with Gasteiger partial charge < -0.3 is 9.52 Å². The van der Waals surface area contributed by atoms with Crippen molar-refractivity contribution >= 4 is 16.9 Å². The van der Waals surface area contributed by atoms with E-state index in [4.69, 9.17) is 9.52 Å². The van der Waals surface area contributed by atoms with Crippen molar-refractivity contribution in [1.29, 1.82) is 0 Å². The fourth-order valence-electron chi connectivity index (χ4n) is 0.985. The maximum absolute atomic E-state index is 10.5. The van der Waals surface area contributed by atoms with E-state index in [-0.39, 0.29) is 5.69 Å². The molecular formula is C8H5NO3. The van der Waals surface area contributed by atoms with Gasteiger partial charge in [0.25, 0.3) is 0 Å². The normalized spacial score (nSPS) is 10.3. The molecule has 0 aliphatic carbocycles. The van der Waals surface area contributed by atoms with Crippen molar-refractivity contribution in [2.75, 3.05) is 0 Å². The van der Waals surface area contributed by atoms with Gasteiger partial charge in [-0.05, 0) is 12.1 Å². The van der Waals surface area contributed by atoms with Gasteiger partial charge in [-0.25, -0.2) is 9.78 Å². The number of nitrogens with zero attached hydrogens (tertiary/aromatic N) is 1. The van der Waals surface area contributed by atoms with Gasteiger partial charge in [0, 0.05) is 5.39 Å². The SMILES string of the molecule is O=C(O)c1cc2ccoc2cn1. The van der Waals surface area contributed by atoms with Crippen molar-refractivity contribution in [2.24, 2.45) is 0 Å². The van der Waals surface area contributed by atoms with Crippen LogP contribution in [0.25, 0.3) is 11.0 Å². The second-order valence-electron chi connectivity index (χ2n) is 2.33. The highest BCUT2D eigenvalue weighted by Crippen LogP contribution is 2.14. The third-order valence-corrected chi connectivity index (χ3v) is 1.56. The van der Waals surface area contributed by atoms with Crippen LogP contribution in [0.2, 0.25) is 0 Å². The minimum Gasteiger partial charge on any atom is -0.477 e. The van der Waals surface area contributed by atoms with Crippen molar-refractivity contribution in [3.63, 3.8) is 0 Å². The first kappa shape index (κ1) is 6.84. The van der Waals surface area contributed by atoms with Gasteiger partial charge in [0.15, 0.2) is 5.58 Å². The summed E-state index contributed by atoms with van der Waals surface area (Å²) in [6.45, 7) is 0. The molecule has 0 spiro atoms. The lowest BCUT2D eigenvalue weighted by atomic mass is 10.3. The highest BCUT2D eigenvalue weighted by molar-refractivity contribution is 5.90. The Hall–Kier alpha value is -1.84. The molecule has 0 saturated heterocycles. The van der Waals surface area contributed by atoms with Gasteiger partial charge in [0.2, 0.25) is 0 Å². The van der Waals surface area contributed by atoms with Crippen LogP contribution in [0.15, 0.2) is 29.0 Å². The Balaban J connectivity index is 2.68. The van der Waals surface area contributed by atoms with Gasteiger partial charge in [-0.1, -0.05) is 0 Å². The average molecular weight is 163 g/mol. The number of carbonyl (C=O) groups is 1. The first-order valence-corrected chi connectivity index (χ1v) is 3.34. The van der Waals surface area contributed by atoms with Crippen molar-refractivity contribution < 1.29 is 14.3 Å². The van der Waals surface area contributed by atoms with E-state index in [0.717, 1.165) is 5.39 Å². The zero-order valence-corrected chi connectivity index (χ0v) is 6.02. The summed E-state index contributed by atoms with van der Waals surface area (Å²) in [6.07, 6.45) is 2.90. The molecule has 2 heterocycles. The third kappa shape index (κ3) is 0.934. The molecule has 2 rings (SSSR count). The standard InChI is InChI=1S/C8H5NO3/c10-8(11)6-3-5-1-2-12-7(5)4-9-6/h1-4H,(H,10,11). The monoisotopic (exact) mass is 163 g/mol. The highest BCUT2D eigenvalue weighted by Gasteiger charge is 2.05. The molecule has 0 radical (unpaired) electrons. The Morgan fingerprint density at radius 3 is 3.17 bits per heavy atom. The quantitative estimate of drug-likeness (QED) is 0.692. The van der Waals surface area contributed by atoms with Crippen LogP contribution in [0.4, 0.5) is 0 Å². The van der Waals surface area contributed by atoms with E-state index in [1.807, 2.05) is 0 Å². The number of aromatic nitrogens is 1.